The van der Waals surface area contributed by atoms with Crippen molar-refractivity contribution in [3.8, 4) is 0 Å². The van der Waals surface area contributed by atoms with Crippen LogP contribution in [0.1, 0.15) is 0 Å². The van der Waals surface area contributed by atoms with Crippen LogP contribution in [0, 0.1) is 0 Å². The van der Waals surface area contributed by atoms with Crippen molar-refractivity contribution in [1.29, 1.82) is 0 Å². The number of rotatable bonds is 5. The third-order valence-electron chi connectivity index (χ3n) is 3.53. The van der Waals surface area contributed by atoms with Crippen LogP contribution < -0.4 is 15.5 Å². The van der Waals surface area contributed by atoms with Crippen LogP contribution in [-0.4, -0.2) is 44.7 Å². The van der Waals surface area contributed by atoms with E-state index < -0.39 is 0 Å². The predicted molar refractivity (Wildman–Crippen MR) is 81.1 cm³/mol. The van der Waals surface area contributed by atoms with Gasteiger partial charge in [-0.3, -0.25) is 4.79 Å². The van der Waals surface area contributed by atoms with Crippen molar-refractivity contribution < 1.29 is 9.53 Å². The Morgan fingerprint density at radius 2 is 2.24 bits per heavy atom. The van der Waals surface area contributed by atoms with Gasteiger partial charge in [-0.25, -0.2) is 4.99 Å². The quantitative estimate of drug-likeness (QED) is 0.773. The fourth-order valence-electron chi connectivity index (χ4n) is 2.48. The van der Waals surface area contributed by atoms with E-state index in [1.165, 1.54) is 0 Å². The molecule has 6 heteroatoms. The van der Waals surface area contributed by atoms with Gasteiger partial charge in [0.15, 0.2) is 0 Å². The van der Waals surface area contributed by atoms with Gasteiger partial charge in [0, 0.05) is 19.3 Å². The molecule has 0 spiro atoms. The monoisotopic (exact) mass is 286 g/mol. The zero-order valence-electron chi connectivity index (χ0n) is 11.8. The van der Waals surface area contributed by atoms with E-state index >= 15 is 0 Å². The number of ether oxygens (including phenoxy) is 1. The van der Waals surface area contributed by atoms with Gasteiger partial charge >= 0.3 is 0 Å². The van der Waals surface area contributed by atoms with Gasteiger partial charge in [0.1, 0.15) is 6.17 Å². The molecule has 0 aromatic heterocycles. The lowest BCUT2D eigenvalue weighted by Gasteiger charge is -2.21. The maximum atomic E-state index is 12.0. The summed E-state index contributed by atoms with van der Waals surface area (Å²) < 4.78 is 4.92. The van der Waals surface area contributed by atoms with Crippen LogP contribution >= 0.6 is 0 Å². The van der Waals surface area contributed by atoms with Crippen LogP contribution in [-0.2, 0) is 9.53 Å². The van der Waals surface area contributed by atoms with Crippen molar-refractivity contribution in [2.45, 2.75) is 12.2 Å². The lowest BCUT2D eigenvalue weighted by Crippen LogP contribution is -2.38. The summed E-state index contributed by atoms with van der Waals surface area (Å²) in [5, 5.41) is 5.95. The lowest BCUT2D eigenvalue weighted by atomic mass is 10.2. The van der Waals surface area contributed by atoms with Crippen molar-refractivity contribution in [2.75, 3.05) is 25.2 Å². The summed E-state index contributed by atoms with van der Waals surface area (Å²) in [7, 11) is 1.61. The van der Waals surface area contributed by atoms with E-state index in [2.05, 4.69) is 20.5 Å². The predicted octanol–water partition coefficient (Wildman–Crippen LogP) is 0.479. The molecule has 1 amide bonds. The molecule has 21 heavy (non-hydrogen) atoms. The molecule has 1 aromatic carbocycles. The highest BCUT2D eigenvalue weighted by atomic mass is 16.5. The first-order chi connectivity index (χ1) is 10.3. The Hall–Kier alpha value is -2.34. The molecule has 2 heterocycles. The van der Waals surface area contributed by atoms with Crippen LogP contribution in [0.15, 0.2) is 47.1 Å². The van der Waals surface area contributed by atoms with Crippen LogP contribution in [0.25, 0.3) is 0 Å². The Balaban J connectivity index is 1.68. The zero-order valence-corrected chi connectivity index (χ0v) is 11.8. The average molecular weight is 286 g/mol. The lowest BCUT2D eigenvalue weighted by molar-refractivity contribution is -0.118. The second-order valence-electron chi connectivity index (χ2n) is 4.92. The molecular formula is C15H18N4O2. The van der Waals surface area contributed by atoms with E-state index in [0.29, 0.717) is 18.8 Å². The number of methoxy groups -OCH3 is 1. The van der Waals surface area contributed by atoms with Crippen LogP contribution in [0.2, 0.25) is 0 Å². The normalized spacial score (nSPS) is 22.7. The Kier molecular flexibility index (Phi) is 3.87. The molecule has 1 aromatic rings. The summed E-state index contributed by atoms with van der Waals surface area (Å²) >= 11 is 0. The summed E-state index contributed by atoms with van der Waals surface area (Å²) in [6.07, 6.45) is 3.63. The van der Waals surface area contributed by atoms with Gasteiger partial charge in [-0.1, -0.05) is 18.2 Å². The van der Waals surface area contributed by atoms with E-state index in [4.69, 9.17) is 4.74 Å². The molecule has 2 aliphatic rings. The molecule has 2 aliphatic heterocycles. The number of carbonyl (C=O) groups is 1. The molecular weight excluding hydrogens is 268 g/mol. The van der Waals surface area contributed by atoms with Crippen molar-refractivity contribution >= 4 is 17.9 Å². The van der Waals surface area contributed by atoms with Crippen molar-refractivity contribution in [3.63, 3.8) is 0 Å². The molecule has 6 nitrogen and oxygen atoms in total. The second-order valence-corrected chi connectivity index (χ2v) is 4.92. The van der Waals surface area contributed by atoms with Gasteiger partial charge in [-0.2, -0.15) is 0 Å². The van der Waals surface area contributed by atoms with E-state index in [0.717, 1.165) is 5.69 Å². The van der Waals surface area contributed by atoms with E-state index in [1.54, 1.807) is 7.11 Å². The van der Waals surface area contributed by atoms with Crippen molar-refractivity contribution in [3.05, 3.63) is 42.1 Å². The maximum absolute atomic E-state index is 12.0. The molecule has 2 atom stereocenters. The number of benzene rings is 1. The number of hydrogen-bond acceptors (Lipinski definition) is 5. The molecule has 0 aliphatic carbocycles. The zero-order chi connectivity index (χ0) is 14.7. The first-order valence-corrected chi connectivity index (χ1v) is 6.92. The third-order valence-corrected chi connectivity index (χ3v) is 3.53. The number of hydrogen-bond donors (Lipinski definition) is 2. The van der Waals surface area contributed by atoms with Gasteiger partial charge in [0.05, 0.1) is 24.7 Å². The van der Waals surface area contributed by atoms with Gasteiger partial charge < -0.3 is 20.3 Å². The van der Waals surface area contributed by atoms with E-state index in [1.807, 2.05) is 42.7 Å². The Morgan fingerprint density at radius 3 is 3.00 bits per heavy atom. The largest absolute Gasteiger partial charge is 0.383 e. The highest BCUT2D eigenvalue weighted by Gasteiger charge is 2.36. The molecule has 0 saturated carbocycles. The minimum atomic E-state index is -0.121. The molecule has 3 rings (SSSR count). The fraction of sp³-hybridized carbons (Fsp3) is 0.333. The molecule has 0 radical (unpaired) electrons. The van der Waals surface area contributed by atoms with Crippen molar-refractivity contribution in [2.24, 2.45) is 4.99 Å². The first kappa shape index (κ1) is 13.6. The van der Waals surface area contributed by atoms with Crippen LogP contribution in [0.3, 0.4) is 0 Å². The number of fused-ring (bicyclic) bond motifs is 1. The number of aliphatic imine (C=N–C) groups is 1. The minimum absolute atomic E-state index is 0.0376. The maximum Gasteiger partial charge on any atom is 0.267 e. The van der Waals surface area contributed by atoms with Gasteiger partial charge in [0.25, 0.3) is 5.91 Å². The van der Waals surface area contributed by atoms with Gasteiger partial charge in [-0.05, 0) is 18.2 Å². The Labute approximate surface area is 123 Å². The number of nitrogens with zero attached hydrogens (tertiary/aromatic N) is 2. The molecule has 110 valence electrons. The third kappa shape index (κ3) is 2.75. The molecule has 0 bridgehead atoms. The molecule has 0 saturated heterocycles. The SMILES string of the molecule is COCCNC(=O)C1=CC2C(N=CN2c2ccccc2)N1. The van der Waals surface area contributed by atoms with Crippen molar-refractivity contribution in [1.82, 2.24) is 10.6 Å². The number of amides is 1. The fourth-order valence-corrected chi connectivity index (χ4v) is 2.48. The second kappa shape index (κ2) is 5.97. The molecule has 2 unspecified atom stereocenters. The molecule has 0 fully saturated rings. The molecule has 2 N–H and O–H groups in total. The first-order valence-electron chi connectivity index (χ1n) is 6.92. The standard InChI is InChI=1S/C15H18N4O2/c1-21-8-7-16-15(20)12-9-13-14(18-12)17-10-19(13)11-5-3-2-4-6-11/h2-6,9-10,13-14,18H,7-8H2,1H3,(H,16,20). The van der Waals surface area contributed by atoms with E-state index in [9.17, 15) is 4.79 Å². The Bertz CT molecular complexity index is 570. The average Bonchev–Trinajstić information content (AvgIpc) is 3.08. The summed E-state index contributed by atoms with van der Waals surface area (Å²) in [4.78, 5) is 18.5. The highest BCUT2D eigenvalue weighted by molar-refractivity contribution is 5.95. The number of para-hydroxylation sites is 1. The van der Waals surface area contributed by atoms with Gasteiger partial charge in [-0.15, -0.1) is 0 Å². The summed E-state index contributed by atoms with van der Waals surface area (Å²) in [6.45, 7) is 0.996. The summed E-state index contributed by atoms with van der Waals surface area (Å²) in [5.74, 6) is -0.121. The van der Waals surface area contributed by atoms with Crippen LogP contribution in [0.4, 0.5) is 5.69 Å². The Morgan fingerprint density at radius 1 is 1.43 bits per heavy atom. The number of carbonyl (C=O) groups excluding carboxylic acids is 1. The summed E-state index contributed by atoms with van der Waals surface area (Å²) in [6, 6.07) is 10.0. The highest BCUT2D eigenvalue weighted by Crippen LogP contribution is 2.26. The summed E-state index contributed by atoms with van der Waals surface area (Å²) in [5.41, 5.74) is 1.63. The van der Waals surface area contributed by atoms with Crippen LogP contribution in [0.5, 0.6) is 0 Å². The number of anilines is 1. The minimum Gasteiger partial charge on any atom is -0.383 e. The topological polar surface area (TPSA) is 66.0 Å². The van der Waals surface area contributed by atoms with Gasteiger partial charge in [0.2, 0.25) is 0 Å². The van der Waals surface area contributed by atoms with E-state index in [-0.39, 0.29) is 18.1 Å². The smallest absolute Gasteiger partial charge is 0.267 e. The number of nitrogens with one attached hydrogen (secondary N) is 2.